The van der Waals surface area contributed by atoms with Gasteiger partial charge in [0.05, 0.1) is 5.60 Å². The lowest BCUT2D eigenvalue weighted by atomic mass is 10.1. The molecule has 0 aliphatic heterocycles. The van der Waals surface area contributed by atoms with E-state index in [0.29, 0.717) is 6.04 Å². The van der Waals surface area contributed by atoms with Crippen molar-refractivity contribution in [1.29, 1.82) is 0 Å². The summed E-state index contributed by atoms with van der Waals surface area (Å²) in [6, 6.07) is 11.0. The molecule has 0 aromatic heterocycles. The van der Waals surface area contributed by atoms with Crippen LogP contribution < -0.4 is 5.32 Å². The topological polar surface area (TPSA) is 21.3 Å². The lowest BCUT2D eigenvalue weighted by Crippen LogP contribution is -2.41. The van der Waals surface area contributed by atoms with Crippen molar-refractivity contribution in [1.82, 2.24) is 5.32 Å². The van der Waals surface area contributed by atoms with E-state index in [9.17, 15) is 0 Å². The van der Waals surface area contributed by atoms with E-state index in [2.05, 4.69) is 56.4 Å². The fourth-order valence-corrected chi connectivity index (χ4v) is 1.53. The third kappa shape index (κ3) is 4.77. The Morgan fingerprint density at radius 2 is 1.88 bits per heavy atom. The molecular formula is C14H23NO. The molecule has 1 aromatic carbocycles. The summed E-state index contributed by atoms with van der Waals surface area (Å²) in [6.07, 6.45) is 1.06. The number of rotatable bonds is 6. The Balaban J connectivity index is 2.34. The summed E-state index contributed by atoms with van der Waals surface area (Å²) in [7, 11) is 1.75. The molecule has 2 heteroatoms. The van der Waals surface area contributed by atoms with Gasteiger partial charge in [-0.2, -0.15) is 0 Å². The number of hydrogen-bond donors (Lipinski definition) is 1. The zero-order chi connectivity index (χ0) is 12.0. The van der Waals surface area contributed by atoms with Crippen molar-refractivity contribution in [2.24, 2.45) is 0 Å². The van der Waals surface area contributed by atoms with Gasteiger partial charge < -0.3 is 10.1 Å². The molecule has 90 valence electrons. The lowest BCUT2D eigenvalue weighted by Gasteiger charge is -2.25. The zero-order valence-electron chi connectivity index (χ0n) is 10.8. The molecule has 16 heavy (non-hydrogen) atoms. The molecule has 2 nitrogen and oxygen atoms in total. The molecule has 1 aromatic rings. The number of hydrogen-bond acceptors (Lipinski definition) is 2. The highest BCUT2D eigenvalue weighted by Gasteiger charge is 2.16. The smallest absolute Gasteiger partial charge is 0.0746 e. The monoisotopic (exact) mass is 221 g/mol. The van der Waals surface area contributed by atoms with Crippen molar-refractivity contribution in [3.05, 3.63) is 35.9 Å². The van der Waals surface area contributed by atoms with Gasteiger partial charge in [0.15, 0.2) is 0 Å². The van der Waals surface area contributed by atoms with Crippen molar-refractivity contribution in [3.63, 3.8) is 0 Å². The highest BCUT2D eigenvalue weighted by atomic mass is 16.5. The molecular weight excluding hydrogens is 198 g/mol. The van der Waals surface area contributed by atoms with Crippen LogP contribution in [-0.2, 0) is 11.2 Å². The van der Waals surface area contributed by atoms with Crippen LogP contribution in [0.1, 0.15) is 26.3 Å². The molecule has 0 saturated carbocycles. The minimum absolute atomic E-state index is 0.0923. The third-order valence-electron chi connectivity index (χ3n) is 2.81. The van der Waals surface area contributed by atoms with Crippen LogP contribution in [0.5, 0.6) is 0 Å². The van der Waals surface area contributed by atoms with Crippen LogP contribution in [0.3, 0.4) is 0 Å². The Kier molecular flexibility index (Phi) is 4.97. The van der Waals surface area contributed by atoms with Gasteiger partial charge in [0, 0.05) is 19.7 Å². The van der Waals surface area contributed by atoms with Crippen LogP contribution in [0, 0.1) is 0 Å². The number of benzene rings is 1. The van der Waals surface area contributed by atoms with Gasteiger partial charge in [-0.1, -0.05) is 30.3 Å². The molecule has 1 N–H and O–H groups in total. The van der Waals surface area contributed by atoms with Gasteiger partial charge in [0.2, 0.25) is 0 Å². The van der Waals surface area contributed by atoms with Gasteiger partial charge in [-0.3, -0.25) is 0 Å². The Morgan fingerprint density at radius 3 is 2.44 bits per heavy atom. The molecule has 0 spiro atoms. The van der Waals surface area contributed by atoms with Crippen LogP contribution in [0.4, 0.5) is 0 Å². The summed E-state index contributed by atoms with van der Waals surface area (Å²) < 4.78 is 5.38. The maximum absolute atomic E-state index is 5.38. The minimum Gasteiger partial charge on any atom is -0.377 e. The summed E-state index contributed by atoms with van der Waals surface area (Å²) in [5.74, 6) is 0. The van der Waals surface area contributed by atoms with Gasteiger partial charge in [0.25, 0.3) is 0 Å². The van der Waals surface area contributed by atoms with E-state index in [1.165, 1.54) is 5.56 Å². The van der Waals surface area contributed by atoms with Gasteiger partial charge in [-0.25, -0.2) is 0 Å². The normalized spacial score (nSPS) is 13.8. The van der Waals surface area contributed by atoms with E-state index in [4.69, 9.17) is 4.74 Å². The van der Waals surface area contributed by atoms with Crippen LogP contribution in [0.25, 0.3) is 0 Å². The van der Waals surface area contributed by atoms with Gasteiger partial charge in [0.1, 0.15) is 0 Å². The van der Waals surface area contributed by atoms with Crippen molar-refractivity contribution in [2.45, 2.75) is 38.8 Å². The van der Waals surface area contributed by atoms with E-state index in [1.807, 2.05) is 0 Å². The molecule has 0 amide bonds. The Bertz CT molecular complexity index is 295. The average molecular weight is 221 g/mol. The standard InChI is InChI=1S/C14H23NO/c1-12(15-11-14(2,3)16-4)10-13-8-6-5-7-9-13/h5-9,12,15H,10-11H2,1-4H3. The van der Waals surface area contributed by atoms with Crippen molar-refractivity contribution >= 4 is 0 Å². The fourth-order valence-electron chi connectivity index (χ4n) is 1.53. The van der Waals surface area contributed by atoms with E-state index >= 15 is 0 Å². The molecule has 0 radical (unpaired) electrons. The Morgan fingerprint density at radius 1 is 1.25 bits per heavy atom. The summed E-state index contributed by atoms with van der Waals surface area (Å²) in [6.45, 7) is 7.26. The van der Waals surface area contributed by atoms with Crippen LogP contribution in [-0.4, -0.2) is 25.3 Å². The van der Waals surface area contributed by atoms with Crippen LogP contribution in [0.2, 0.25) is 0 Å². The Hall–Kier alpha value is -0.860. The molecule has 0 aliphatic carbocycles. The summed E-state index contributed by atoms with van der Waals surface area (Å²) in [4.78, 5) is 0. The minimum atomic E-state index is -0.0923. The van der Waals surface area contributed by atoms with Gasteiger partial charge in [-0.15, -0.1) is 0 Å². The number of nitrogens with one attached hydrogen (secondary N) is 1. The van der Waals surface area contributed by atoms with Crippen molar-refractivity contribution in [2.75, 3.05) is 13.7 Å². The fraction of sp³-hybridized carbons (Fsp3) is 0.571. The second-order valence-electron chi connectivity index (χ2n) is 4.94. The van der Waals surface area contributed by atoms with Crippen molar-refractivity contribution in [3.8, 4) is 0 Å². The molecule has 0 bridgehead atoms. The van der Waals surface area contributed by atoms with Gasteiger partial charge in [-0.05, 0) is 32.8 Å². The first-order chi connectivity index (χ1) is 7.53. The molecule has 1 rings (SSSR count). The molecule has 0 fully saturated rings. The van der Waals surface area contributed by atoms with E-state index in [1.54, 1.807) is 7.11 Å². The molecule has 0 aliphatic rings. The zero-order valence-corrected chi connectivity index (χ0v) is 10.8. The molecule has 0 heterocycles. The number of ether oxygens (including phenoxy) is 1. The summed E-state index contributed by atoms with van der Waals surface area (Å²) in [5.41, 5.74) is 1.28. The quantitative estimate of drug-likeness (QED) is 0.797. The first-order valence-corrected chi connectivity index (χ1v) is 5.86. The van der Waals surface area contributed by atoms with Crippen molar-refractivity contribution < 1.29 is 4.74 Å². The Labute approximate surface area is 99.0 Å². The first-order valence-electron chi connectivity index (χ1n) is 5.86. The summed E-state index contributed by atoms with van der Waals surface area (Å²) >= 11 is 0. The lowest BCUT2D eigenvalue weighted by molar-refractivity contribution is 0.0215. The van der Waals surface area contributed by atoms with E-state index in [-0.39, 0.29) is 5.60 Å². The second-order valence-corrected chi connectivity index (χ2v) is 4.94. The van der Waals surface area contributed by atoms with Gasteiger partial charge >= 0.3 is 0 Å². The highest BCUT2D eigenvalue weighted by Crippen LogP contribution is 2.07. The second kappa shape index (κ2) is 6.02. The molecule has 0 saturated heterocycles. The first kappa shape index (κ1) is 13.2. The third-order valence-corrected chi connectivity index (χ3v) is 2.81. The maximum Gasteiger partial charge on any atom is 0.0746 e. The van der Waals surface area contributed by atoms with Crippen LogP contribution in [0.15, 0.2) is 30.3 Å². The van der Waals surface area contributed by atoms with Crippen LogP contribution >= 0.6 is 0 Å². The predicted molar refractivity (Wildman–Crippen MR) is 68.7 cm³/mol. The van der Waals surface area contributed by atoms with E-state index in [0.717, 1.165) is 13.0 Å². The predicted octanol–water partition coefficient (Wildman–Crippen LogP) is 2.63. The average Bonchev–Trinajstić information content (AvgIpc) is 2.28. The maximum atomic E-state index is 5.38. The highest BCUT2D eigenvalue weighted by molar-refractivity contribution is 5.15. The summed E-state index contributed by atoms with van der Waals surface area (Å²) in [5, 5.41) is 3.50. The van der Waals surface area contributed by atoms with E-state index < -0.39 is 0 Å². The molecule has 1 unspecified atom stereocenters. The largest absolute Gasteiger partial charge is 0.377 e. The number of methoxy groups -OCH3 is 1. The molecule has 1 atom stereocenters. The SMILES string of the molecule is COC(C)(C)CNC(C)Cc1ccccc1.